The van der Waals surface area contributed by atoms with Gasteiger partial charge in [-0.3, -0.25) is 10.1 Å². The number of rotatable bonds is 6. The Labute approximate surface area is 198 Å². The van der Waals surface area contributed by atoms with Gasteiger partial charge in [0.1, 0.15) is 0 Å². The highest BCUT2D eigenvalue weighted by atomic mass is 79.9. The molecule has 32 heavy (non-hydrogen) atoms. The van der Waals surface area contributed by atoms with Gasteiger partial charge in [0.15, 0.2) is 5.16 Å². The molecular weight excluding hydrogens is 522 g/mol. The highest BCUT2D eigenvalue weighted by Crippen LogP contribution is 2.68. The zero-order chi connectivity index (χ0) is 23.7. The maximum absolute atomic E-state index is 15.2. The summed E-state index contributed by atoms with van der Waals surface area (Å²) in [5.41, 5.74) is 1.49. The van der Waals surface area contributed by atoms with Gasteiger partial charge < -0.3 is 0 Å². The van der Waals surface area contributed by atoms with Gasteiger partial charge in [-0.25, -0.2) is 0 Å². The first kappa shape index (κ1) is 24.6. The average Bonchev–Trinajstić information content (AvgIpc) is 2.71. The van der Waals surface area contributed by atoms with Gasteiger partial charge in [-0.1, -0.05) is 99.5 Å². The van der Waals surface area contributed by atoms with Crippen molar-refractivity contribution in [1.82, 2.24) is 0 Å². The summed E-state index contributed by atoms with van der Waals surface area (Å²) in [6.45, 7) is 2.27. The summed E-state index contributed by atoms with van der Waals surface area (Å²) in [6.07, 6.45) is -4.99. The first-order valence-electron chi connectivity index (χ1n) is 9.61. The summed E-state index contributed by atoms with van der Waals surface area (Å²) >= 11 is 9.25. The van der Waals surface area contributed by atoms with Crippen LogP contribution in [-0.4, -0.2) is 17.6 Å². The molecule has 0 bridgehead atoms. The normalized spacial score (nSPS) is 14.1. The van der Waals surface area contributed by atoms with Crippen LogP contribution >= 0.6 is 22.0 Å². The van der Waals surface area contributed by atoms with E-state index in [1.807, 2.05) is 13.8 Å². The van der Waals surface area contributed by atoms with Crippen molar-refractivity contribution in [1.29, 1.82) is 0 Å². The SMILES string of the molecule is Cc1ccc(P(=S)(c2ccc(C)cc2)[C@](C[N+](=O)[O-])(c2cccc(Br)c2)C(F)(F)F)cc1. The topological polar surface area (TPSA) is 43.1 Å². The molecule has 1 atom stereocenters. The van der Waals surface area contributed by atoms with Crippen molar-refractivity contribution in [3.05, 3.63) is 104 Å². The first-order chi connectivity index (χ1) is 14.9. The van der Waals surface area contributed by atoms with Gasteiger partial charge in [0.25, 0.3) is 0 Å². The molecule has 0 radical (unpaired) electrons. The van der Waals surface area contributed by atoms with Gasteiger partial charge in [0.05, 0.1) is 0 Å². The Morgan fingerprint density at radius 1 is 0.938 bits per heavy atom. The average molecular weight is 542 g/mol. The van der Waals surface area contributed by atoms with Crippen LogP contribution in [0.3, 0.4) is 0 Å². The Morgan fingerprint density at radius 2 is 1.41 bits per heavy atom. The van der Waals surface area contributed by atoms with Gasteiger partial charge in [0.2, 0.25) is 6.54 Å². The third kappa shape index (κ3) is 4.28. The molecular formula is C23H20BrF3NO2PS. The van der Waals surface area contributed by atoms with Crippen LogP contribution in [0.1, 0.15) is 16.7 Å². The molecule has 0 amide bonds. The molecule has 0 spiro atoms. The minimum atomic E-state index is -4.99. The van der Waals surface area contributed by atoms with Gasteiger partial charge in [0, 0.05) is 15.4 Å². The van der Waals surface area contributed by atoms with E-state index in [-0.39, 0.29) is 16.2 Å². The lowest BCUT2D eigenvalue weighted by Crippen LogP contribution is -2.51. The van der Waals surface area contributed by atoms with Crippen molar-refractivity contribution in [2.45, 2.75) is 25.2 Å². The van der Waals surface area contributed by atoms with Crippen molar-refractivity contribution in [3.8, 4) is 0 Å². The van der Waals surface area contributed by atoms with Crippen LogP contribution in [0.15, 0.2) is 77.3 Å². The molecule has 3 rings (SSSR count). The van der Waals surface area contributed by atoms with E-state index < -0.39 is 28.8 Å². The van der Waals surface area contributed by atoms with Crippen molar-refractivity contribution in [2.24, 2.45) is 0 Å². The molecule has 3 nitrogen and oxygen atoms in total. The lowest BCUT2D eigenvalue weighted by atomic mass is 9.97. The summed E-state index contributed by atoms with van der Waals surface area (Å²) < 4.78 is 46.0. The third-order valence-electron chi connectivity index (χ3n) is 5.46. The van der Waals surface area contributed by atoms with Crippen molar-refractivity contribution >= 4 is 44.4 Å². The zero-order valence-electron chi connectivity index (χ0n) is 17.3. The van der Waals surface area contributed by atoms with Crippen molar-refractivity contribution in [3.63, 3.8) is 0 Å². The van der Waals surface area contributed by atoms with Crippen molar-refractivity contribution < 1.29 is 18.1 Å². The van der Waals surface area contributed by atoms with Gasteiger partial charge in [-0.05, 0) is 42.2 Å². The predicted octanol–water partition coefficient (Wildman–Crippen LogP) is 6.23. The molecule has 9 heteroatoms. The Balaban J connectivity index is 2.54. The quantitative estimate of drug-likeness (QED) is 0.211. The molecule has 0 saturated heterocycles. The molecule has 0 aliphatic heterocycles. The van der Waals surface area contributed by atoms with E-state index in [9.17, 15) is 10.1 Å². The molecule has 0 N–H and O–H groups in total. The molecule has 0 aromatic heterocycles. The summed E-state index contributed by atoms with van der Waals surface area (Å²) in [5.74, 6) is 0. The lowest BCUT2D eigenvalue weighted by molar-refractivity contribution is -0.494. The molecule has 0 heterocycles. The third-order valence-corrected chi connectivity index (χ3v) is 11.9. The zero-order valence-corrected chi connectivity index (χ0v) is 20.6. The van der Waals surface area contributed by atoms with Crippen molar-refractivity contribution in [2.75, 3.05) is 6.54 Å². The first-order valence-corrected chi connectivity index (χ1v) is 13.2. The monoisotopic (exact) mass is 541 g/mol. The second-order valence-electron chi connectivity index (χ2n) is 7.64. The van der Waals surface area contributed by atoms with E-state index in [2.05, 4.69) is 15.9 Å². The highest BCUT2D eigenvalue weighted by Gasteiger charge is 2.68. The summed E-state index contributed by atoms with van der Waals surface area (Å²) in [7, 11) is 0. The molecule has 0 fully saturated rings. The fourth-order valence-electron chi connectivity index (χ4n) is 3.84. The number of nitro groups is 1. The Hall–Kier alpha value is -2.02. The van der Waals surface area contributed by atoms with Gasteiger partial charge in [-0.2, -0.15) is 13.2 Å². The molecule has 0 aliphatic rings. The molecule has 3 aromatic rings. The smallest absolute Gasteiger partial charge is 0.264 e. The molecule has 0 unspecified atom stereocenters. The number of aryl methyl sites for hydroxylation is 2. The molecule has 168 valence electrons. The number of halogens is 4. The minimum absolute atomic E-state index is 0.222. The van der Waals surface area contributed by atoms with Crippen LogP contribution in [0.5, 0.6) is 0 Å². The fraction of sp³-hybridized carbons (Fsp3) is 0.217. The second kappa shape index (κ2) is 9.08. The van der Waals surface area contributed by atoms with E-state index in [0.29, 0.717) is 4.47 Å². The van der Waals surface area contributed by atoms with Crippen LogP contribution in [0, 0.1) is 24.0 Å². The summed E-state index contributed by atoms with van der Waals surface area (Å²) in [4.78, 5) is 10.9. The maximum atomic E-state index is 15.2. The Morgan fingerprint density at radius 3 is 1.78 bits per heavy atom. The van der Waals surface area contributed by atoms with Crippen LogP contribution in [0.2, 0.25) is 0 Å². The standard InChI is InChI=1S/C23H20BrF3NO2PS/c1-16-6-10-20(11-7-16)31(32,21-12-8-17(2)9-13-21)22(15-28(29)30,23(25,26)27)18-4-3-5-19(24)14-18/h3-14H,15H2,1-2H3/t22-/m1/s1. The number of nitrogens with zero attached hydrogens (tertiary/aromatic N) is 1. The predicted molar refractivity (Wildman–Crippen MR) is 130 cm³/mol. The molecule has 0 saturated carbocycles. The number of hydrogen-bond acceptors (Lipinski definition) is 3. The van der Waals surface area contributed by atoms with E-state index >= 15 is 13.2 Å². The second-order valence-corrected chi connectivity index (χ2v) is 13.2. The maximum Gasteiger partial charge on any atom is 0.409 e. The van der Waals surface area contributed by atoms with E-state index in [4.69, 9.17) is 11.8 Å². The lowest BCUT2D eigenvalue weighted by Gasteiger charge is -2.43. The highest BCUT2D eigenvalue weighted by molar-refractivity contribution is 9.10. The number of hydrogen-bond donors (Lipinski definition) is 0. The van der Waals surface area contributed by atoms with Crippen LogP contribution in [-0.2, 0) is 17.0 Å². The van der Waals surface area contributed by atoms with Gasteiger partial charge in [-0.15, -0.1) is 0 Å². The van der Waals surface area contributed by atoms with Gasteiger partial charge >= 0.3 is 6.18 Å². The van der Waals surface area contributed by atoms with Crippen LogP contribution < -0.4 is 10.6 Å². The molecule has 3 aromatic carbocycles. The van der Waals surface area contributed by atoms with Crippen LogP contribution in [0.4, 0.5) is 13.2 Å². The largest absolute Gasteiger partial charge is 0.409 e. The number of benzene rings is 3. The van der Waals surface area contributed by atoms with Crippen LogP contribution in [0.25, 0.3) is 0 Å². The Bertz CT molecular complexity index is 1130. The van der Waals surface area contributed by atoms with E-state index in [1.54, 1.807) is 54.6 Å². The number of alkyl halides is 3. The summed E-state index contributed by atoms with van der Waals surface area (Å²) in [5, 5.41) is 9.45. The minimum Gasteiger partial charge on any atom is -0.264 e. The summed E-state index contributed by atoms with van der Waals surface area (Å²) in [6, 6.07) is 14.8. The molecule has 0 aliphatic carbocycles. The van der Waals surface area contributed by atoms with E-state index in [0.717, 1.165) is 11.1 Å². The van der Waals surface area contributed by atoms with E-state index in [1.165, 1.54) is 18.2 Å². The Kier molecular flexibility index (Phi) is 6.99. The fourth-order valence-corrected chi connectivity index (χ4v) is 9.26.